The maximum Gasteiger partial charge on any atom is 0.209 e. The monoisotopic (exact) mass is 235 g/mol. The van der Waals surface area contributed by atoms with Crippen LogP contribution in [-0.4, -0.2) is 51.8 Å². The summed E-state index contributed by atoms with van der Waals surface area (Å²) in [4.78, 5) is 2.29. The minimum Gasteiger partial charge on any atom is -0.313 e. The third kappa shape index (κ3) is 6.09. The minimum atomic E-state index is -3.29. The van der Waals surface area contributed by atoms with Crippen molar-refractivity contribution < 1.29 is 8.42 Å². The number of likely N-dealkylation sites (N-methyl/N-ethyl adjacent to an activating group) is 1. The number of likely N-dealkylation sites (tertiary alicyclic amines) is 1. The Kier molecular flexibility index (Phi) is 4.98. The summed E-state index contributed by atoms with van der Waals surface area (Å²) in [6.45, 7) is 2.94. The Morgan fingerprint density at radius 2 is 2.27 bits per heavy atom. The van der Waals surface area contributed by atoms with Crippen molar-refractivity contribution in [3.05, 3.63) is 0 Å². The fraction of sp³-hybridized carbons (Fsp3) is 1.00. The molecule has 1 aliphatic heterocycles. The molecule has 1 fully saturated rings. The molecule has 1 aliphatic rings. The summed E-state index contributed by atoms with van der Waals surface area (Å²) in [6, 6.07) is 0.504. The van der Waals surface area contributed by atoms with E-state index in [-0.39, 0.29) is 5.75 Å². The van der Waals surface area contributed by atoms with Gasteiger partial charge in [0, 0.05) is 12.6 Å². The van der Waals surface area contributed by atoms with Crippen molar-refractivity contribution in [3.8, 4) is 0 Å². The van der Waals surface area contributed by atoms with Crippen molar-refractivity contribution in [1.29, 1.82) is 0 Å². The number of primary sulfonamides is 1. The van der Waals surface area contributed by atoms with Crippen LogP contribution in [0, 0.1) is 0 Å². The second kappa shape index (κ2) is 5.79. The van der Waals surface area contributed by atoms with Gasteiger partial charge in [0.15, 0.2) is 0 Å². The summed E-state index contributed by atoms with van der Waals surface area (Å²) in [7, 11) is -1.18. The van der Waals surface area contributed by atoms with E-state index in [2.05, 4.69) is 17.3 Å². The van der Waals surface area contributed by atoms with Crippen LogP contribution in [0.25, 0.3) is 0 Å². The Hall–Kier alpha value is -0.170. The molecule has 6 heteroatoms. The van der Waals surface area contributed by atoms with Crippen LogP contribution < -0.4 is 10.5 Å². The number of nitrogens with zero attached hydrogens (tertiary/aromatic N) is 1. The van der Waals surface area contributed by atoms with E-state index in [1.54, 1.807) is 0 Å². The van der Waals surface area contributed by atoms with Gasteiger partial charge in [-0.3, -0.25) is 0 Å². The predicted molar refractivity (Wildman–Crippen MR) is 61.1 cm³/mol. The topological polar surface area (TPSA) is 75.4 Å². The van der Waals surface area contributed by atoms with Crippen LogP contribution in [0.4, 0.5) is 0 Å². The van der Waals surface area contributed by atoms with Crippen LogP contribution >= 0.6 is 0 Å². The Morgan fingerprint density at radius 1 is 1.53 bits per heavy atom. The SMILES string of the molecule is CN1CCCC(NCCCS(N)(=O)=O)C1. The van der Waals surface area contributed by atoms with Crippen molar-refractivity contribution in [1.82, 2.24) is 10.2 Å². The molecule has 1 unspecified atom stereocenters. The average Bonchev–Trinajstić information content (AvgIpc) is 2.11. The maximum absolute atomic E-state index is 10.7. The molecule has 1 heterocycles. The van der Waals surface area contributed by atoms with Gasteiger partial charge in [-0.15, -0.1) is 0 Å². The van der Waals surface area contributed by atoms with Gasteiger partial charge in [-0.05, 0) is 39.4 Å². The molecule has 1 atom stereocenters. The average molecular weight is 235 g/mol. The fourth-order valence-corrected chi connectivity index (χ4v) is 2.46. The third-order valence-electron chi connectivity index (χ3n) is 2.66. The predicted octanol–water partition coefficient (Wildman–Crippen LogP) is -0.651. The normalized spacial score (nSPS) is 24.3. The van der Waals surface area contributed by atoms with E-state index in [0.29, 0.717) is 12.5 Å². The first-order chi connectivity index (χ1) is 6.97. The zero-order valence-corrected chi connectivity index (χ0v) is 10.1. The molecule has 90 valence electrons. The van der Waals surface area contributed by atoms with Crippen LogP contribution in [0.15, 0.2) is 0 Å². The Bertz CT molecular complexity index is 279. The summed E-state index contributed by atoms with van der Waals surface area (Å²) >= 11 is 0. The first-order valence-electron chi connectivity index (χ1n) is 5.40. The number of nitrogens with one attached hydrogen (secondary N) is 1. The van der Waals surface area contributed by atoms with Crippen LogP contribution in [-0.2, 0) is 10.0 Å². The lowest BCUT2D eigenvalue weighted by molar-refractivity contribution is 0.228. The molecular formula is C9H21N3O2S. The van der Waals surface area contributed by atoms with Gasteiger partial charge >= 0.3 is 0 Å². The van der Waals surface area contributed by atoms with Gasteiger partial charge in [0.05, 0.1) is 5.75 Å². The number of hydrogen-bond acceptors (Lipinski definition) is 4. The van der Waals surface area contributed by atoms with Gasteiger partial charge < -0.3 is 10.2 Å². The van der Waals surface area contributed by atoms with E-state index in [4.69, 9.17) is 5.14 Å². The zero-order valence-electron chi connectivity index (χ0n) is 9.28. The van der Waals surface area contributed by atoms with E-state index >= 15 is 0 Å². The molecule has 0 aromatic carbocycles. The van der Waals surface area contributed by atoms with Gasteiger partial charge in [0.25, 0.3) is 0 Å². The highest BCUT2D eigenvalue weighted by Crippen LogP contribution is 2.07. The largest absolute Gasteiger partial charge is 0.313 e. The van der Waals surface area contributed by atoms with Crippen molar-refractivity contribution in [2.45, 2.75) is 25.3 Å². The van der Waals surface area contributed by atoms with Crippen LogP contribution in [0.3, 0.4) is 0 Å². The number of sulfonamides is 1. The lowest BCUT2D eigenvalue weighted by Gasteiger charge is -2.30. The van der Waals surface area contributed by atoms with Crippen LogP contribution in [0.5, 0.6) is 0 Å². The molecule has 0 radical (unpaired) electrons. The molecule has 1 rings (SSSR count). The molecule has 0 saturated carbocycles. The highest BCUT2D eigenvalue weighted by atomic mass is 32.2. The summed E-state index contributed by atoms with van der Waals surface area (Å²) in [5.41, 5.74) is 0. The zero-order chi connectivity index (χ0) is 11.3. The van der Waals surface area contributed by atoms with E-state index in [1.165, 1.54) is 12.8 Å². The lowest BCUT2D eigenvalue weighted by Crippen LogP contribution is -2.44. The first-order valence-corrected chi connectivity index (χ1v) is 7.11. The molecule has 0 aliphatic carbocycles. The second-order valence-electron chi connectivity index (χ2n) is 4.28. The maximum atomic E-state index is 10.7. The Morgan fingerprint density at radius 3 is 2.87 bits per heavy atom. The fourth-order valence-electron chi connectivity index (χ4n) is 1.91. The van der Waals surface area contributed by atoms with Gasteiger partial charge in [-0.2, -0.15) is 0 Å². The molecule has 15 heavy (non-hydrogen) atoms. The number of nitrogens with two attached hydrogens (primary N) is 1. The van der Waals surface area contributed by atoms with Crippen molar-refractivity contribution in [2.24, 2.45) is 5.14 Å². The second-order valence-corrected chi connectivity index (χ2v) is 6.01. The molecule has 0 aromatic heterocycles. The minimum absolute atomic E-state index is 0.0720. The van der Waals surface area contributed by atoms with E-state index in [0.717, 1.165) is 19.6 Å². The highest BCUT2D eigenvalue weighted by Gasteiger charge is 2.15. The quantitative estimate of drug-likeness (QED) is 0.621. The van der Waals surface area contributed by atoms with Crippen LogP contribution in [0.2, 0.25) is 0 Å². The van der Waals surface area contributed by atoms with Crippen LogP contribution in [0.1, 0.15) is 19.3 Å². The molecular weight excluding hydrogens is 214 g/mol. The highest BCUT2D eigenvalue weighted by molar-refractivity contribution is 7.89. The Balaban J connectivity index is 2.09. The molecule has 0 bridgehead atoms. The molecule has 0 spiro atoms. The summed E-state index contributed by atoms with van der Waals surface area (Å²) < 4.78 is 21.4. The number of hydrogen-bond donors (Lipinski definition) is 2. The number of piperidine rings is 1. The van der Waals surface area contributed by atoms with Gasteiger partial charge in [-0.25, -0.2) is 13.6 Å². The summed E-state index contributed by atoms with van der Waals surface area (Å²) in [5, 5.41) is 8.28. The smallest absolute Gasteiger partial charge is 0.209 e. The van der Waals surface area contributed by atoms with E-state index < -0.39 is 10.0 Å². The molecule has 5 nitrogen and oxygen atoms in total. The Labute approximate surface area is 92.1 Å². The first kappa shape index (κ1) is 12.9. The van der Waals surface area contributed by atoms with E-state index in [1.807, 2.05) is 0 Å². The molecule has 3 N–H and O–H groups in total. The van der Waals surface area contributed by atoms with Gasteiger partial charge in [-0.1, -0.05) is 0 Å². The lowest BCUT2D eigenvalue weighted by atomic mass is 10.1. The summed E-state index contributed by atoms with van der Waals surface area (Å²) in [6.07, 6.45) is 2.99. The summed E-state index contributed by atoms with van der Waals surface area (Å²) in [5.74, 6) is 0.0720. The van der Waals surface area contributed by atoms with E-state index in [9.17, 15) is 8.42 Å². The van der Waals surface area contributed by atoms with Gasteiger partial charge in [0.1, 0.15) is 0 Å². The molecule has 1 saturated heterocycles. The molecule has 0 aromatic rings. The van der Waals surface area contributed by atoms with Crippen molar-refractivity contribution >= 4 is 10.0 Å². The van der Waals surface area contributed by atoms with Crippen molar-refractivity contribution in [3.63, 3.8) is 0 Å². The third-order valence-corrected chi connectivity index (χ3v) is 3.52. The van der Waals surface area contributed by atoms with Crippen molar-refractivity contribution in [2.75, 3.05) is 32.4 Å². The molecule has 0 amide bonds. The van der Waals surface area contributed by atoms with Gasteiger partial charge in [0.2, 0.25) is 10.0 Å². The standard InChI is InChI=1S/C9H21N3O2S/c1-12-6-2-4-9(8-12)11-5-3-7-15(10,13)14/h9,11H,2-8H2,1H3,(H2,10,13,14). The number of rotatable bonds is 5.